The van der Waals surface area contributed by atoms with Gasteiger partial charge in [-0.3, -0.25) is 14.6 Å². The maximum absolute atomic E-state index is 11.7. The van der Waals surface area contributed by atoms with Gasteiger partial charge in [0.05, 0.1) is 0 Å². The van der Waals surface area contributed by atoms with E-state index in [2.05, 4.69) is 17.2 Å². The Morgan fingerprint density at radius 1 is 1.41 bits per heavy atom. The molecule has 0 aliphatic heterocycles. The van der Waals surface area contributed by atoms with E-state index in [1.54, 1.807) is 12.4 Å². The van der Waals surface area contributed by atoms with Crippen molar-refractivity contribution < 1.29 is 9.59 Å². The zero-order valence-corrected chi connectivity index (χ0v) is 10.0. The van der Waals surface area contributed by atoms with Gasteiger partial charge in [-0.1, -0.05) is 26.2 Å². The van der Waals surface area contributed by atoms with Gasteiger partial charge in [0.1, 0.15) is 5.69 Å². The van der Waals surface area contributed by atoms with E-state index in [1.165, 1.54) is 25.1 Å². The second kappa shape index (κ2) is 7.54. The summed E-state index contributed by atoms with van der Waals surface area (Å²) >= 11 is 0. The molecule has 4 heteroatoms. The van der Waals surface area contributed by atoms with Crippen molar-refractivity contribution in [2.24, 2.45) is 0 Å². The minimum Gasteiger partial charge on any atom is -0.352 e. The number of carbonyl (C=O) groups excluding carboxylic acids is 2. The number of hydrogen-bond acceptors (Lipinski definition) is 3. The topological polar surface area (TPSA) is 59.1 Å². The first kappa shape index (κ1) is 13.4. The number of nitrogens with zero attached hydrogens (tertiary/aromatic N) is 1. The molecule has 1 amide bonds. The lowest BCUT2D eigenvalue weighted by Crippen LogP contribution is -2.24. The Labute approximate surface area is 101 Å². The molecule has 1 radical (unpaired) electrons. The van der Waals surface area contributed by atoms with Crippen LogP contribution < -0.4 is 5.32 Å². The van der Waals surface area contributed by atoms with Crippen LogP contribution in [-0.2, 0) is 4.79 Å². The SMILES string of the molecule is CCCCCCNC(=O)c1ccnc([C]=O)c1. The quantitative estimate of drug-likeness (QED) is 0.731. The number of pyridine rings is 1. The minimum atomic E-state index is -0.166. The van der Waals surface area contributed by atoms with Crippen LogP contribution in [0.2, 0.25) is 0 Å². The predicted molar refractivity (Wildman–Crippen MR) is 65.5 cm³/mol. The molecule has 17 heavy (non-hydrogen) atoms. The largest absolute Gasteiger partial charge is 0.352 e. The van der Waals surface area contributed by atoms with Gasteiger partial charge in [0, 0.05) is 18.3 Å². The predicted octanol–water partition coefficient (Wildman–Crippen LogP) is 1.85. The van der Waals surface area contributed by atoms with Gasteiger partial charge in [-0.05, 0) is 18.6 Å². The van der Waals surface area contributed by atoms with Gasteiger partial charge in [-0.25, -0.2) is 0 Å². The molecule has 0 aliphatic rings. The molecule has 0 saturated carbocycles. The average Bonchev–Trinajstić information content (AvgIpc) is 2.38. The van der Waals surface area contributed by atoms with E-state index >= 15 is 0 Å². The Balaban J connectivity index is 2.38. The average molecular weight is 233 g/mol. The second-order valence-electron chi connectivity index (χ2n) is 3.85. The van der Waals surface area contributed by atoms with E-state index in [0.717, 1.165) is 12.8 Å². The summed E-state index contributed by atoms with van der Waals surface area (Å²) in [6.07, 6.45) is 7.58. The van der Waals surface area contributed by atoms with Crippen LogP contribution in [0.15, 0.2) is 18.3 Å². The molecule has 0 spiro atoms. The number of rotatable bonds is 7. The van der Waals surface area contributed by atoms with Gasteiger partial charge < -0.3 is 5.32 Å². The number of hydrogen-bond donors (Lipinski definition) is 1. The second-order valence-corrected chi connectivity index (χ2v) is 3.85. The summed E-state index contributed by atoms with van der Waals surface area (Å²) in [4.78, 5) is 25.8. The highest BCUT2D eigenvalue weighted by atomic mass is 16.1. The number of carbonyl (C=O) groups is 1. The van der Waals surface area contributed by atoms with Gasteiger partial charge in [-0.15, -0.1) is 0 Å². The maximum atomic E-state index is 11.7. The minimum absolute atomic E-state index is 0.156. The lowest BCUT2D eigenvalue weighted by molar-refractivity contribution is 0.0953. The summed E-state index contributed by atoms with van der Waals surface area (Å²) < 4.78 is 0. The highest BCUT2D eigenvalue weighted by Crippen LogP contribution is 2.01. The lowest BCUT2D eigenvalue weighted by Gasteiger charge is -2.04. The van der Waals surface area contributed by atoms with Crippen LogP contribution in [0.3, 0.4) is 0 Å². The first-order valence-electron chi connectivity index (χ1n) is 5.90. The molecule has 0 atom stereocenters. The van der Waals surface area contributed by atoms with Crippen LogP contribution in [0.25, 0.3) is 0 Å². The third-order valence-electron chi connectivity index (χ3n) is 2.44. The van der Waals surface area contributed by atoms with Crippen molar-refractivity contribution >= 4 is 12.2 Å². The van der Waals surface area contributed by atoms with E-state index in [9.17, 15) is 9.59 Å². The highest BCUT2D eigenvalue weighted by Gasteiger charge is 2.05. The van der Waals surface area contributed by atoms with Crippen LogP contribution in [0.5, 0.6) is 0 Å². The first-order chi connectivity index (χ1) is 8.27. The molecule has 1 heterocycles. The summed E-state index contributed by atoms with van der Waals surface area (Å²) in [6.45, 7) is 2.81. The summed E-state index contributed by atoms with van der Waals surface area (Å²) in [5.74, 6) is -0.166. The summed E-state index contributed by atoms with van der Waals surface area (Å²) in [6, 6.07) is 3.02. The monoisotopic (exact) mass is 233 g/mol. The molecule has 1 rings (SSSR count). The third kappa shape index (κ3) is 4.76. The van der Waals surface area contributed by atoms with E-state index in [4.69, 9.17) is 0 Å². The van der Waals surface area contributed by atoms with Crippen molar-refractivity contribution in [1.82, 2.24) is 10.3 Å². The van der Waals surface area contributed by atoms with E-state index < -0.39 is 0 Å². The lowest BCUT2D eigenvalue weighted by atomic mass is 10.2. The Kier molecular flexibility index (Phi) is 5.93. The van der Waals surface area contributed by atoms with E-state index in [-0.39, 0.29) is 11.6 Å². The van der Waals surface area contributed by atoms with Crippen molar-refractivity contribution in [3.05, 3.63) is 29.6 Å². The highest BCUT2D eigenvalue weighted by molar-refractivity contribution is 5.95. The molecule has 0 aliphatic carbocycles. The van der Waals surface area contributed by atoms with Crippen molar-refractivity contribution in [2.75, 3.05) is 6.54 Å². The zero-order chi connectivity index (χ0) is 12.5. The molecule has 0 aromatic carbocycles. The van der Waals surface area contributed by atoms with Crippen LogP contribution >= 0.6 is 0 Å². The van der Waals surface area contributed by atoms with Crippen LogP contribution in [0, 0.1) is 0 Å². The summed E-state index contributed by atoms with van der Waals surface area (Å²) in [7, 11) is 0. The fourth-order valence-corrected chi connectivity index (χ4v) is 1.48. The molecule has 0 saturated heterocycles. The molecule has 1 aromatic rings. The van der Waals surface area contributed by atoms with Crippen LogP contribution in [-0.4, -0.2) is 23.7 Å². The molecular weight excluding hydrogens is 216 g/mol. The van der Waals surface area contributed by atoms with Crippen molar-refractivity contribution in [1.29, 1.82) is 0 Å². The number of aromatic nitrogens is 1. The Bertz CT molecular complexity index is 377. The fourth-order valence-electron chi connectivity index (χ4n) is 1.48. The first-order valence-corrected chi connectivity index (χ1v) is 5.90. The van der Waals surface area contributed by atoms with Gasteiger partial charge in [0.15, 0.2) is 0 Å². The standard InChI is InChI=1S/C13H17N2O2/c1-2-3-4-5-7-15-13(17)11-6-8-14-12(9-11)10-16/h6,8-9H,2-5,7H2,1H3,(H,15,17). The van der Waals surface area contributed by atoms with Gasteiger partial charge in [0.25, 0.3) is 12.2 Å². The Morgan fingerprint density at radius 2 is 2.24 bits per heavy atom. The van der Waals surface area contributed by atoms with Gasteiger partial charge >= 0.3 is 0 Å². The fraction of sp³-hybridized carbons (Fsp3) is 0.462. The number of nitrogens with one attached hydrogen (secondary N) is 1. The molecule has 0 bridgehead atoms. The van der Waals surface area contributed by atoms with E-state index in [1.807, 2.05) is 0 Å². The van der Waals surface area contributed by atoms with Crippen LogP contribution in [0.4, 0.5) is 0 Å². The molecule has 91 valence electrons. The number of amides is 1. The molecule has 0 fully saturated rings. The molecule has 4 nitrogen and oxygen atoms in total. The summed E-state index contributed by atoms with van der Waals surface area (Å²) in [5.41, 5.74) is 0.609. The maximum Gasteiger partial charge on any atom is 0.253 e. The molecular formula is C13H17N2O2. The Hall–Kier alpha value is -1.71. The smallest absolute Gasteiger partial charge is 0.253 e. The Morgan fingerprint density at radius 3 is 2.94 bits per heavy atom. The van der Waals surface area contributed by atoms with Crippen LogP contribution in [0.1, 0.15) is 48.7 Å². The van der Waals surface area contributed by atoms with Crippen molar-refractivity contribution in [3.8, 4) is 0 Å². The van der Waals surface area contributed by atoms with Crippen molar-refractivity contribution in [2.45, 2.75) is 32.6 Å². The van der Waals surface area contributed by atoms with Gasteiger partial charge in [0.2, 0.25) is 0 Å². The molecule has 1 aromatic heterocycles. The van der Waals surface area contributed by atoms with E-state index in [0.29, 0.717) is 12.1 Å². The normalized spacial score (nSPS) is 9.94. The van der Waals surface area contributed by atoms with Gasteiger partial charge in [-0.2, -0.15) is 0 Å². The molecule has 1 N–H and O–H groups in total. The zero-order valence-electron chi connectivity index (χ0n) is 10.0. The van der Waals surface area contributed by atoms with Crippen molar-refractivity contribution in [3.63, 3.8) is 0 Å². The third-order valence-corrected chi connectivity index (χ3v) is 2.44. The molecule has 0 unspecified atom stereocenters. The summed E-state index contributed by atoms with van der Waals surface area (Å²) in [5, 5.41) is 2.81. The number of unbranched alkanes of at least 4 members (excludes halogenated alkanes) is 3.